The van der Waals surface area contributed by atoms with E-state index in [4.69, 9.17) is 0 Å². The second-order valence-electron chi connectivity index (χ2n) is 6.42. The molecule has 2 aromatic rings. The number of carbonyl (C=O) groups is 1. The molecule has 0 radical (unpaired) electrons. The van der Waals surface area contributed by atoms with E-state index in [1.807, 2.05) is 42.3 Å². The number of piperidine rings is 1. The van der Waals surface area contributed by atoms with E-state index >= 15 is 0 Å². The molecular formula is C18H23N3O3. The number of aromatic nitrogens is 2. The van der Waals surface area contributed by atoms with Gasteiger partial charge >= 0.3 is 5.97 Å². The van der Waals surface area contributed by atoms with Gasteiger partial charge in [-0.05, 0) is 56.5 Å². The number of likely N-dealkylation sites (tertiary alicyclic amines) is 1. The van der Waals surface area contributed by atoms with Crippen molar-refractivity contribution in [2.24, 2.45) is 5.92 Å². The van der Waals surface area contributed by atoms with Crippen LogP contribution in [0.4, 0.5) is 0 Å². The fraction of sp³-hybridized carbons (Fsp3) is 0.444. The monoisotopic (exact) mass is 329 g/mol. The Bertz CT molecular complexity index is 692. The summed E-state index contributed by atoms with van der Waals surface area (Å²) in [7, 11) is 0. The van der Waals surface area contributed by atoms with Gasteiger partial charge in [0, 0.05) is 24.6 Å². The molecule has 1 aromatic carbocycles. The minimum atomic E-state index is -0.852. The summed E-state index contributed by atoms with van der Waals surface area (Å²) >= 11 is 0. The van der Waals surface area contributed by atoms with Gasteiger partial charge in [-0.2, -0.15) is 5.10 Å². The largest absolute Gasteiger partial charge is 0.480 e. The Kier molecular flexibility index (Phi) is 4.97. The van der Waals surface area contributed by atoms with E-state index in [1.54, 1.807) is 10.9 Å². The fourth-order valence-electron chi connectivity index (χ4n) is 3.37. The summed E-state index contributed by atoms with van der Waals surface area (Å²) in [6.45, 7) is 3.51. The van der Waals surface area contributed by atoms with Crippen LogP contribution in [0, 0.1) is 12.8 Å². The zero-order chi connectivity index (χ0) is 17.1. The predicted molar refractivity (Wildman–Crippen MR) is 90.1 cm³/mol. The number of aliphatic carboxylic acids is 1. The Morgan fingerprint density at radius 3 is 2.71 bits per heavy atom. The van der Waals surface area contributed by atoms with Gasteiger partial charge in [-0.15, -0.1) is 0 Å². The Morgan fingerprint density at radius 1 is 1.38 bits per heavy atom. The van der Waals surface area contributed by atoms with Gasteiger partial charge in [-0.25, -0.2) is 4.68 Å². The summed E-state index contributed by atoms with van der Waals surface area (Å²) in [5, 5.41) is 23.4. The van der Waals surface area contributed by atoms with Crippen LogP contribution in [-0.4, -0.2) is 50.6 Å². The number of benzene rings is 1. The van der Waals surface area contributed by atoms with Crippen LogP contribution in [-0.2, 0) is 4.79 Å². The van der Waals surface area contributed by atoms with Gasteiger partial charge in [0.25, 0.3) is 0 Å². The summed E-state index contributed by atoms with van der Waals surface area (Å²) < 4.78 is 1.72. The average Bonchev–Trinajstić information content (AvgIpc) is 3.11. The zero-order valence-electron chi connectivity index (χ0n) is 13.8. The number of carboxylic acids is 1. The zero-order valence-corrected chi connectivity index (χ0v) is 13.8. The fourth-order valence-corrected chi connectivity index (χ4v) is 3.37. The first-order chi connectivity index (χ1) is 11.6. The maximum Gasteiger partial charge on any atom is 0.325 e. The van der Waals surface area contributed by atoms with E-state index in [9.17, 15) is 15.0 Å². The smallest absolute Gasteiger partial charge is 0.325 e. The Morgan fingerprint density at radius 2 is 2.12 bits per heavy atom. The molecule has 3 rings (SSSR count). The molecule has 0 bridgehead atoms. The van der Waals surface area contributed by atoms with Crippen molar-refractivity contribution < 1.29 is 15.0 Å². The third-order valence-electron chi connectivity index (χ3n) is 4.74. The molecule has 0 unspecified atom stereocenters. The quantitative estimate of drug-likeness (QED) is 0.877. The van der Waals surface area contributed by atoms with Crippen LogP contribution in [0.3, 0.4) is 0 Å². The molecule has 0 spiro atoms. The SMILES string of the molecule is Cc1ccc([C@H](C(=O)O)N2CCC(CO)CC2)c(-n2cccn2)c1. The molecule has 1 atom stereocenters. The Balaban J connectivity index is 1.96. The molecule has 1 aromatic heterocycles. The van der Waals surface area contributed by atoms with Crippen molar-refractivity contribution in [3.8, 4) is 5.69 Å². The highest BCUT2D eigenvalue weighted by Crippen LogP contribution is 2.31. The van der Waals surface area contributed by atoms with Crippen molar-refractivity contribution >= 4 is 5.97 Å². The predicted octanol–water partition coefficient (Wildman–Crippen LogP) is 2.01. The first-order valence-corrected chi connectivity index (χ1v) is 8.28. The highest BCUT2D eigenvalue weighted by molar-refractivity contribution is 5.77. The molecule has 24 heavy (non-hydrogen) atoms. The highest BCUT2D eigenvalue weighted by atomic mass is 16.4. The van der Waals surface area contributed by atoms with Gasteiger partial charge in [-0.3, -0.25) is 9.69 Å². The topological polar surface area (TPSA) is 78.6 Å². The molecule has 0 amide bonds. The van der Waals surface area contributed by atoms with E-state index in [2.05, 4.69) is 5.10 Å². The number of aliphatic hydroxyl groups is 1. The number of carboxylic acid groups (broad SMARTS) is 1. The van der Waals surface area contributed by atoms with Crippen molar-refractivity contribution in [3.05, 3.63) is 47.8 Å². The molecular weight excluding hydrogens is 306 g/mol. The van der Waals surface area contributed by atoms with Crippen molar-refractivity contribution in [2.45, 2.75) is 25.8 Å². The first-order valence-electron chi connectivity index (χ1n) is 8.28. The van der Waals surface area contributed by atoms with Crippen LogP contribution >= 0.6 is 0 Å². The number of hydrogen-bond donors (Lipinski definition) is 2. The summed E-state index contributed by atoms with van der Waals surface area (Å²) in [5.74, 6) is -0.575. The summed E-state index contributed by atoms with van der Waals surface area (Å²) in [4.78, 5) is 14.0. The summed E-state index contributed by atoms with van der Waals surface area (Å²) in [5.41, 5.74) is 2.61. The molecule has 1 fully saturated rings. The molecule has 1 saturated heterocycles. The average molecular weight is 329 g/mol. The lowest BCUT2D eigenvalue weighted by Crippen LogP contribution is -2.41. The van der Waals surface area contributed by atoms with Crippen LogP contribution in [0.1, 0.15) is 30.0 Å². The summed E-state index contributed by atoms with van der Waals surface area (Å²) in [6.07, 6.45) is 5.16. The van der Waals surface area contributed by atoms with Crippen LogP contribution in [0.2, 0.25) is 0 Å². The van der Waals surface area contributed by atoms with Gasteiger partial charge in [-0.1, -0.05) is 12.1 Å². The van der Waals surface area contributed by atoms with Gasteiger partial charge in [0.15, 0.2) is 0 Å². The number of rotatable bonds is 5. The number of nitrogens with zero attached hydrogens (tertiary/aromatic N) is 3. The van der Waals surface area contributed by atoms with E-state index in [-0.39, 0.29) is 12.5 Å². The molecule has 6 nitrogen and oxygen atoms in total. The standard InChI is InChI=1S/C18H23N3O3/c1-13-3-4-15(16(11-13)21-8-2-7-19-21)17(18(23)24)20-9-5-14(12-22)6-10-20/h2-4,7-8,11,14,17,22H,5-6,9-10,12H2,1H3,(H,23,24)/t17-/m1/s1. The van der Waals surface area contributed by atoms with Crippen molar-refractivity contribution in [3.63, 3.8) is 0 Å². The van der Waals surface area contributed by atoms with Gasteiger partial charge < -0.3 is 10.2 Å². The van der Waals surface area contributed by atoms with Gasteiger partial charge in [0.1, 0.15) is 6.04 Å². The van der Waals surface area contributed by atoms with Gasteiger partial charge in [0.05, 0.1) is 5.69 Å². The minimum absolute atomic E-state index is 0.175. The van der Waals surface area contributed by atoms with E-state index in [0.29, 0.717) is 13.1 Å². The number of hydrogen-bond acceptors (Lipinski definition) is 4. The minimum Gasteiger partial charge on any atom is -0.480 e. The van der Waals surface area contributed by atoms with Crippen LogP contribution in [0.25, 0.3) is 5.69 Å². The lowest BCUT2D eigenvalue weighted by molar-refractivity contribution is -0.144. The second-order valence-corrected chi connectivity index (χ2v) is 6.42. The van der Waals surface area contributed by atoms with Gasteiger partial charge in [0.2, 0.25) is 0 Å². The molecule has 0 aliphatic carbocycles. The van der Waals surface area contributed by atoms with Crippen molar-refractivity contribution in [2.75, 3.05) is 19.7 Å². The molecule has 1 aliphatic heterocycles. The maximum absolute atomic E-state index is 12.0. The maximum atomic E-state index is 12.0. The third kappa shape index (κ3) is 3.34. The van der Waals surface area contributed by atoms with E-state index in [0.717, 1.165) is 29.7 Å². The Labute approximate surface area is 141 Å². The summed E-state index contributed by atoms with van der Waals surface area (Å²) in [6, 6.07) is 6.93. The third-order valence-corrected chi connectivity index (χ3v) is 4.74. The Hall–Kier alpha value is -2.18. The van der Waals surface area contributed by atoms with Crippen molar-refractivity contribution in [1.82, 2.24) is 14.7 Å². The lowest BCUT2D eigenvalue weighted by atomic mass is 9.94. The van der Waals surface area contributed by atoms with E-state index < -0.39 is 12.0 Å². The van der Waals surface area contributed by atoms with Crippen LogP contribution < -0.4 is 0 Å². The van der Waals surface area contributed by atoms with Crippen LogP contribution in [0.15, 0.2) is 36.7 Å². The molecule has 6 heteroatoms. The molecule has 128 valence electrons. The highest BCUT2D eigenvalue weighted by Gasteiger charge is 2.32. The van der Waals surface area contributed by atoms with E-state index in [1.165, 1.54) is 0 Å². The number of aryl methyl sites for hydroxylation is 1. The molecule has 0 saturated carbocycles. The normalized spacial score (nSPS) is 17.8. The molecule has 2 N–H and O–H groups in total. The first kappa shape index (κ1) is 16.7. The molecule has 1 aliphatic rings. The van der Waals surface area contributed by atoms with Crippen LogP contribution in [0.5, 0.6) is 0 Å². The lowest BCUT2D eigenvalue weighted by Gasteiger charge is -2.35. The molecule has 2 heterocycles. The second kappa shape index (κ2) is 7.15. The van der Waals surface area contributed by atoms with Crippen molar-refractivity contribution in [1.29, 1.82) is 0 Å². The number of aliphatic hydroxyl groups excluding tert-OH is 1.